The van der Waals surface area contributed by atoms with Gasteiger partial charge in [0.15, 0.2) is 0 Å². The summed E-state index contributed by atoms with van der Waals surface area (Å²) in [6, 6.07) is 12.2. The van der Waals surface area contributed by atoms with Crippen molar-refractivity contribution in [1.29, 1.82) is 0 Å². The van der Waals surface area contributed by atoms with E-state index in [1.807, 2.05) is 28.8 Å². The van der Waals surface area contributed by atoms with Gasteiger partial charge in [-0.1, -0.05) is 6.07 Å². The number of ether oxygens (including phenoxy) is 1. The Morgan fingerprint density at radius 2 is 2.00 bits per heavy atom. The monoisotopic (exact) mass is 335 g/mol. The quantitative estimate of drug-likeness (QED) is 0.574. The first kappa shape index (κ1) is 16.4. The van der Waals surface area contributed by atoms with Crippen LogP contribution in [-0.2, 0) is 9.53 Å². The zero-order chi connectivity index (χ0) is 17.6. The molecule has 3 rings (SSSR count). The lowest BCUT2D eigenvalue weighted by Gasteiger charge is -2.04. The minimum absolute atomic E-state index is 0.269. The third-order valence-electron chi connectivity index (χ3n) is 3.51. The van der Waals surface area contributed by atoms with E-state index < -0.39 is 0 Å². The van der Waals surface area contributed by atoms with Crippen molar-refractivity contribution in [2.24, 2.45) is 0 Å². The van der Waals surface area contributed by atoms with Crippen LogP contribution in [0.2, 0.25) is 0 Å². The Labute approximate surface area is 144 Å². The van der Waals surface area contributed by atoms with Gasteiger partial charge in [-0.05, 0) is 49.4 Å². The number of carbonyl (C=O) groups is 2. The predicted octanol–water partition coefficient (Wildman–Crippen LogP) is 3.16. The largest absolute Gasteiger partial charge is 0.462 e. The molecule has 1 N–H and O–H groups in total. The number of carbonyl (C=O) groups excluding carboxylic acids is 2. The molecule has 25 heavy (non-hydrogen) atoms. The van der Waals surface area contributed by atoms with E-state index in [1.165, 1.54) is 6.08 Å². The molecule has 3 aromatic rings. The van der Waals surface area contributed by atoms with Crippen molar-refractivity contribution in [3.63, 3.8) is 0 Å². The highest BCUT2D eigenvalue weighted by Crippen LogP contribution is 2.12. The summed E-state index contributed by atoms with van der Waals surface area (Å²) in [7, 11) is 0. The molecule has 126 valence electrons. The van der Waals surface area contributed by atoms with E-state index >= 15 is 0 Å². The number of hydrogen-bond donors (Lipinski definition) is 1. The van der Waals surface area contributed by atoms with Gasteiger partial charge in [0, 0.05) is 18.0 Å². The Morgan fingerprint density at radius 1 is 1.20 bits per heavy atom. The number of pyridine rings is 1. The van der Waals surface area contributed by atoms with Crippen LogP contribution in [0, 0.1) is 0 Å². The molecular weight excluding hydrogens is 318 g/mol. The highest BCUT2D eigenvalue weighted by Gasteiger charge is 2.06. The van der Waals surface area contributed by atoms with Gasteiger partial charge in [-0.2, -0.15) is 0 Å². The highest BCUT2D eigenvalue weighted by atomic mass is 16.5. The van der Waals surface area contributed by atoms with Gasteiger partial charge < -0.3 is 14.5 Å². The van der Waals surface area contributed by atoms with Crippen LogP contribution in [0.1, 0.15) is 23.0 Å². The number of benzene rings is 1. The summed E-state index contributed by atoms with van der Waals surface area (Å²) in [5.41, 5.74) is 2.67. The Bertz CT molecular complexity index is 926. The second-order valence-electron chi connectivity index (χ2n) is 5.23. The van der Waals surface area contributed by atoms with Gasteiger partial charge in [0.1, 0.15) is 5.65 Å². The molecule has 1 aromatic carbocycles. The fourth-order valence-electron chi connectivity index (χ4n) is 2.32. The molecular formula is C19H17N3O3. The molecule has 0 aliphatic heterocycles. The Hall–Kier alpha value is -3.41. The van der Waals surface area contributed by atoms with E-state index in [0.717, 1.165) is 11.3 Å². The summed E-state index contributed by atoms with van der Waals surface area (Å²) < 4.78 is 6.81. The molecule has 0 saturated heterocycles. The summed E-state index contributed by atoms with van der Waals surface area (Å²) >= 11 is 0. The maximum atomic E-state index is 12.0. The molecule has 2 heterocycles. The number of anilines is 1. The fraction of sp³-hybridized carbons (Fsp3) is 0.105. The molecule has 6 heteroatoms. The van der Waals surface area contributed by atoms with Crippen LogP contribution in [0.5, 0.6) is 0 Å². The minimum atomic E-state index is -0.382. The molecule has 0 bridgehead atoms. The second kappa shape index (κ2) is 7.44. The smallest absolute Gasteiger partial charge is 0.338 e. The van der Waals surface area contributed by atoms with Crippen molar-refractivity contribution in [1.82, 2.24) is 9.38 Å². The van der Waals surface area contributed by atoms with E-state index in [1.54, 1.807) is 43.5 Å². The summed E-state index contributed by atoms with van der Waals surface area (Å²) in [6.45, 7) is 2.08. The van der Waals surface area contributed by atoms with E-state index in [0.29, 0.717) is 17.9 Å². The molecule has 0 fully saturated rings. The molecule has 6 nitrogen and oxygen atoms in total. The van der Waals surface area contributed by atoms with Gasteiger partial charge in [-0.15, -0.1) is 0 Å². The number of aromatic nitrogens is 2. The first-order valence-electron chi connectivity index (χ1n) is 7.85. The van der Waals surface area contributed by atoms with E-state index in [2.05, 4.69) is 10.3 Å². The van der Waals surface area contributed by atoms with Crippen LogP contribution in [0.4, 0.5) is 5.69 Å². The average molecular weight is 335 g/mol. The summed E-state index contributed by atoms with van der Waals surface area (Å²) in [4.78, 5) is 27.9. The average Bonchev–Trinajstić information content (AvgIpc) is 3.04. The van der Waals surface area contributed by atoms with Crippen LogP contribution in [0.15, 0.2) is 60.9 Å². The van der Waals surface area contributed by atoms with Crippen molar-refractivity contribution >= 4 is 29.3 Å². The molecule has 0 spiro atoms. The Morgan fingerprint density at radius 3 is 2.76 bits per heavy atom. The van der Waals surface area contributed by atoms with Gasteiger partial charge in [-0.25, -0.2) is 9.78 Å². The van der Waals surface area contributed by atoms with Crippen LogP contribution in [-0.4, -0.2) is 27.9 Å². The summed E-state index contributed by atoms with van der Waals surface area (Å²) in [5.74, 6) is -0.650. The van der Waals surface area contributed by atoms with Gasteiger partial charge in [0.25, 0.3) is 0 Å². The lowest BCUT2D eigenvalue weighted by atomic mass is 10.2. The van der Waals surface area contributed by atoms with Crippen LogP contribution >= 0.6 is 0 Å². The van der Waals surface area contributed by atoms with Crippen molar-refractivity contribution in [2.75, 3.05) is 11.9 Å². The SMILES string of the molecule is CCOC(=O)c1ccc(NC(=O)/C=C/c2cnc3ccccn23)cc1. The molecule has 0 saturated carbocycles. The lowest BCUT2D eigenvalue weighted by molar-refractivity contribution is -0.111. The third-order valence-corrected chi connectivity index (χ3v) is 3.51. The first-order valence-corrected chi connectivity index (χ1v) is 7.85. The predicted molar refractivity (Wildman–Crippen MR) is 95.3 cm³/mol. The normalized spacial score (nSPS) is 10.9. The Kier molecular flexibility index (Phi) is 4.89. The summed E-state index contributed by atoms with van der Waals surface area (Å²) in [5, 5.41) is 2.74. The number of rotatable bonds is 5. The molecule has 0 unspecified atom stereocenters. The number of imidazole rings is 1. The highest BCUT2D eigenvalue weighted by molar-refractivity contribution is 6.02. The number of amides is 1. The maximum absolute atomic E-state index is 12.0. The molecule has 2 aromatic heterocycles. The van der Waals surface area contributed by atoms with Crippen LogP contribution < -0.4 is 5.32 Å². The first-order chi connectivity index (χ1) is 12.2. The number of esters is 1. The molecule has 0 aliphatic carbocycles. The van der Waals surface area contributed by atoms with Crippen molar-refractivity contribution in [3.05, 3.63) is 72.2 Å². The van der Waals surface area contributed by atoms with Crippen molar-refractivity contribution in [2.45, 2.75) is 6.92 Å². The van der Waals surface area contributed by atoms with E-state index in [4.69, 9.17) is 4.74 Å². The topological polar surface area (TPSA) is 72.7 Å². The molecule has 0 atom stereocenters. The standard InChI is InChI=1S/C19H17N3O3/c1-2-25-19(24)14-6-8-15(9-7-14)21-18(23)11-10-16-13-20-17-5-3-4-12-22(16)17/h3-13H,2H2,1H3,(H,21,23)/b11-10+. The molecule has 0 aliphatic rings. The van der Waals surface area contributed by atoms with Gasteiger partial charge in [0.2, 0.25) is 5.91 Å². The van der Waals surface area contributed by atoms with E-state index in [9.17, 15) is 9.59 Å². The minimum Gasteiger partial charge on any atom is -0.462 e. The third kappa shape index (κ3) is 3.92. The number of fused-ring (bicyclic) bond motifs is 1. The van der Waals surface area contributed by atoms with Gasteiger partial charge in [0.05, 0.1) is 24.1 Å². The van der Waals surface area contributed by atoms with Crippen LogP contribution in [0.25, 0.3) is 11.7 Å². The van der Waals surface area contributed by atoms with Crippen LogP contribution in [0.3, 0.4) is 0 Å². The molecule has 1 amide bonds. The zero-order valence-electron chi connectivity index (χ0n) is 13.7. The van der Waals surface area contributed by atoms with Crippen molar-refractivity contribution < 1.29 is 14.3 Å². The molecule has 0 radical (unpaired) electrons. The zero-order valence-corrected chi connectivity index (χ0v) is 13.7. The lowest BCUT2D eigenvalue weighted by Crippen LogP contribution is -2.09. The van der Waals surface area contributed by atoms with Gasteiger partial charge in [-0.3, -0.25) is 4.79 Å². The second-order valence-corrected chi connectivity index (χ2v) is 5.23. The number of nitrogens with one attached hydrogen (secondary N) is 1. The Balaban J connectivity index is 1.65. The number of nitrogens with zero attached hydrogens (tertiary/aromatic N) is 2. The maximum Gasteiger partial charge on any atom is 0.338 e. The summed E-state index contributed by atoms with van der Waals surface area (Å²) in [6.07, 6.45) is 6.72. The van der Waals surface area contributed by atoms with Crippen molar-refractivity contribution in [3.8, 4) is 0 Å². The van der Waals surface area contributed by atoms with E-state index in [-0.39, 0.29) is 11.9 Å². The number of hydrogen-bond acceptors (Lipinski definition) is 4. The fourth-order valence-corrected chi connectivity index (χ4v) is 2.32. The van der Waals surface area contributed by atoms with Gasteiger partial charge >= 0.3 is 5.97 Å².